The Balaban J connectivity index is 1.45. The first kappa shape index (κ1) is 24.0. The average molecular weight is 453 g/mol. The summed E-state index contributed by atoms with van der Waals surface area (Å²) in [5.74, 6) is -2.29. The molecule has 0 aliphatic carbocycles. The van der Waals surface area contributed by atoms with Crippen molar-refractivity contribution < 1.29 is 28.7 Å². The first-order valence-corrected chi connectivity index (χ1v) is 11.0. The highest BCUT2D eigenvalue weighted by molar-refractivity contribution is 6.00. The number of ether oxygens (including phenoxy) is 2. The van der Waals surface area contributed by atoms with Gasteiger partial charge in [0.2, 0.25) is 5.91 Å². The lowest BCUT2D eigenvalue weighted by Gasteiger charge is -2.16. The van der Waals surface area contributed by atoms with E-state index in [4.69, 9.17) is 9.47 Å². The van der Waals surface area contributed by atoms with Crippen LogP contribution >= 0.6 is 0 Å². The van der Waals surface area contributed by atoms with Crippen LogP contribution in [0, 0.1) is 12.8 Å². The number of hydrogen-bond acceptors (Lipinski definition) is 6. The summed E-state index contributed by atoms with van der Waals surface area (Å²) >= 11 is 0. The van der Waals surface area contributed by atoms with Gasteiger partial charge >= 0.3 is 11.9 Å². The fourth-order valence-corrected chi connectivity index (χ4v) is 3.37. The molecule has 1 atom stereocenters. The summed E-state index contributed by atoms with van der Waals surface area (Å²) in [6.07, 6.45) is 1.78. The van der Waals surface area contributed by atoms with Crippen LogP contribution in [0.5, 0.6) is 0 Å². The zero-order valence-corrected chi connectivity index (χ0v) is 18.8. The van der Waals surface area contributed by atoms with Crippen LogP contribution in [0.15, 0.2) is 48.5 Å². The molecule has 2 amide bonds. The average Bonchev–Trinajstić information content (AvgIpc) is 3.20. The Hall–Kier alpha value is -3.68. The van der Waals surface area contributed by atoms with Crippen LogP contribution in [0.4, 0.5) is 11.4 Å². The predicted octanol–water partition coefficient (Wildman–Crippen LogP) is 3.49. The highest BCUT2D eigenvalue weighted by atomic mass is 16.5. The summed E-state index contributed by atoms with van der Waals surface area (Å²) in [5.41, 5.74) is 2.66. The maximum Gasteiger partial charge on any atom is 0.338 e. The second-order valence-electron chi connectivity index (χ2n) is 7.96. The molecule has 33 heavy (non-hydrogen) atoms. The zero-order chi connectivity index (χ0) is 23.8. The SMILES string of the molecule is CCCCOC(=O)c1ccc(NC(=O)COC(=O)[C@H]2CC(=O)N(c3ccc(C)cc3)C2)cc1. The fraction of sp³-hybridized carbons (Fsp3) is 0.360. The molecule has 0 bridgehead atoms. The number of hydrogen-bond donors (Lipinski definition) is 1. The molecule has 1 saturated heterocycles. The van der Waals surface area contributed by atoms with Crippen LogP contribution in [0.1, 0.15) is 42.1 Å². The lowest BCUT2D eigenvalue weighted by Crippen LogP contribution is -2.28. The van der Waals surface area contributed by atoms with E-state index < -0.39 is 30.4 Å². The molecule has 2 aromatic rings. The molecule has 8 heteroatoms. The third kappa shape index (κ3) is 6.65. The van der Waals surface area contributed by atoms with E-state index in [1.165, 1.54) is 0 Å². The van der Waals surface area contributed by atoms with Crippen molar-refractivity contribution in [1.82, 2.24) is 0 Å². The van der Waals surface area contributed by atoms with Crippen LogP contribution in [0.2, 0.25) is 0 Å². The van der Waals surface area contributed by atoms with Gasteiger partial charge in [0.15, 0.2) is 6.61 Å². The van der Waals surface area contributed by atoms with Crippen molar-refractivity contribution >= 4 is 35.1 Å². The maximum atomic E-state index is 12.4. The predicted molar refractivity (Wildman–Crippen MR) is 123 cm³/mol. The fourth-order valence-electron chi connectivity index (χ4n) is 3.37. The van der Waals surface area contributed by atoms with Crippen molar-refractivity contribution in [3.63, 3.8) is 0 Å². The number of esters is 2. The quantitative estimate of drug-likeness (QED) is 0.462. The van der Waals surface area contributed by atoms with E-state index in [1.807, 2.05) is 38.1 Å². The van der Waals surface area contributed by atoms with Crippen LogP contribution in [-0.4, -0.2) is 43.5 Å². The Kier molecular flexibility index (Phi) is 8.18. The number of unbranched alkanes of at least 4 members (excludes halogenated alkanes) is 1. The molecule has 1 fully saturated rings. The van der Waals surface area contributed by atoms with Crippen LogP contribution in [-0.2, 0) is 23.9 Å². The second kappa shape index (κ2) is 11.3. The van der Waals surface area contributed by atoms with Gasteiger partial charge < -0.3 is 19.7 Å². The Morgan fingerprint density at radius 2 is 1.73 bits per heavy atom. The molecule has 3 rings (SSSR count). The molecule has 0 radical (unpaired) electrons. The largest absolute Gasteiger partial charge is 0.462 e. The lowest BCUT2D eigenvalue weighted by molar-refractivity contribution is -0.151. The van der Waals surface area contributed by atoms with Gasteiger partial charge in [0.1, 0.15) is 0 Å². The van der Waals surface area contributed by atoms with Crippen molar-refractivity contribution in [3.8, 4) is 0 Å². The Bertz CT molecular complexity index is 1000. The van der Waals surface area contributed by atoms with Crippen LogP contribution in [0.3, 0.4) is 0 Å². The Labute approximate surface area is 192 Å². The molecule has 1 N–H and O–H groups in total. The standard InChI is InChI=1S/C25H28N2O6/c1-3-4-13-32-24(30)18-7-9-20(10-8-18)26-22(28)16-33-25(31)19-14-23(29)27(15-19)21-11-5-17(2)6-12-21/h5-12,19H,3-4,13-16H2,1-2H3,(H,26,28)/t19-/m0/s1. The van der Waals surface area contributed by atoms with E-state index in [9.17, 15) is 19.2 Å². The van der Waals surface area contributed by atoms with Gasteiger partial charge in [-0.1, -0.05) is 31.0 Å². The summed E-state index contributed by atoms with van der Waals surface area (Å²) < 4.78 is 10.3. The second-order valence-corrected chi connectivity index (χ2v) is 7.96. The maximum absolute atomic E-state index is 12.4. The number of carbonyl (C=O) groups is 4. The van der Waals surface area contributed by atoms with Gasteiger partial charge in [-0.25, -0.2) is 4.79 Å². The van der Waals surface area contributed by atoms with E-state index in [0.29, 0.717) is 17.9 Å². The summed E-state index contributed by atoms with van der Waals surface area (Å²) in [4.78, 5) is 50.3. The number of rotatable bonds is 9. The molecule has 0 saturated carbocycles. The summed E-state index contributed by atoms with van der Waals surface area (Å²) in [7, 11) is 0. The molecular formula is C25H28N2O6. The topological polar surface area (TPSA) is 102 Å². The van der Waals surface area contributed by atoms with Gasteiger partial charge in [0.25, 0.3) is 5.91 Å². The molecule has 0 spiro atoms. The van der Waals surface area contributed by atoms with E-state index in [0.717, 1.165) is 24.1 Å². The van der Waals surface area contributed by atoms with Gasteiger partial charge in [-0.15, -0.1) is 0 Å². The van der Waals surface area contributed by atoms with E-state index in [1.54, 1.807) is 29.2 Å². The number of aryl methyl sites for hydroxylation is 1. The van der Waals surface area contributed by atoms with Crippen molar-refractivity contribution in [2.75, 3.05) is 30.0 Å². The minimum Gasteiger partial charge on any atom is -0.462 e. The highest BCUT2D eigenvalue weighted by Crippen LogP contribution is 2.26. The van der Waals surface area contributed by atoms with E-state index in [2.05, 4.69) is 5.32 Å². The number of carbonyl (C=O) groups excluding carboxylic acids is 4. The van der Waals surface area contributed by atoms with Crippen molar-refractivity contribution in [2.24, 2.45) is 5.92 Å². The number of anilines is 2. The number of benzene rings is 2. The van der Waals surface area contributed by atoms with Gasteiger partial charge in [-0.05, 0) is 49.7 Å². The lowest BCUT2D eigenvalue weighted by atomic mass is 10.1. The summed E-state index contributed by atoms with van der Waals surface area (Å²) in [5, 5.41) is 2.61. The van der Waals surface area contributed by atoms with Crippen molar-refractivity contribution in [1.29, 1.82) is 0 Å². The van der Waals surface area contributed by atoms with Crippen molar-refractivity contribution in [2.45, 2.75) is 33.1 Å². The molecule has 2 aromatic carbocycles. The number of nitrogens with zero attached hydrogens (tertiary/aromatic N) is 1. The van der Waals surface area contributed by atoms with Crippen LogP contribution < -0.4 is 10.2 Å². The smallest absolute Gasteiger partial charge is 0.338 e. The van der Waals surface area contributed by atoms with Gasteiger partial charge in [-0.3, -0.25) is 14.4 Å². The molecule has 0 aromatic heterocycles. The third-order valence-corrected chi connectivity index (χ3v) is 5.28. The summed E-state index contributed by atoms with van der Waals surface area (Å²) in [6, 6.07) is 13.7. The van der Waals surface area contributed by atoms with Gasteiger partial charge in [0, 0.05) is 24.3 Å². The van der Waals surface area contributed by atoms with Gasteiger partial charge in [0.05, 0.1) is 18.1 Å². The third-order valence-electron chi connectivity index (χ3n) is 5.28. The molecule has 1 aliphatic rings. The van der Waals surface area contributed by atoms with E-state index in [-0.39, 0.29) is 18.9 Å². The van der Waals surface area contributed by atoms with Gasteiger partial charge in [-0.2, -0.15) is 0 Å². The Morgan fingerprint density at radius 3 is 2.39 bits per heavy atom. The van der Waals surface area contributed by atoms with Crippen molar-refractivity contribution in [3.05, 3.63) is 59.7 Å². The monoisotopic (exact) mass is 452 g/mol. The van der Waals surface area contributed by atoms with E-state index >= 15 is 0 Å². The molecule has 1 heterocycles. The molecule has 0 unspecified atom stereocenters. The molecule has 8 nitrogen and oxygen atoms in total. The Morgan fingerprint density at radius 1 is 1.03 bits per heavy atom. The number of nitrogens with one attached hydrogen (secondary N) is 1. The molecular weight excluding hydrogens is 424 g/mol. The minimum absolute atomic E-state index is 0.0458. The minimum atomic E-state index is -0.621. The normalized spacial score (nSPS) is 15.3. The molecule has 174 valence electrons. The highest BCUT2D eigenvalue weighted by Gasteiger charge is 2.36. The number of amides is 2. The first-order chi connectivity index (χ1) is 15.9. The molecule has 1 aliphatic heterocycles. The zero-order valence-electron chi connectivity index (χ0n) is 18.8. The first-order valence-electron chi connectivity index (χ1n) is 11.0. The summed E-state index contributed by atoms with van der Waals surface area (Å²) in [6.45, 7) is 4.09. The van der Waals surface area contributed by atoms with Crippen LogP contribution in [0.25, 0.3) is 0 Å².